The molecule has 0 fully saturated rings. The fourth-order valence-corrected chi connectivity index (χ4v) is 0.953. The summed E-state index contributed by atoms with van der Waals surface area (Å²) in [5, 5.41) is 3.60. The minimum absolute atomic E-state index is 0.924. The third kappa shape index (κ3) is 4.04. The van der Waals surface area contributed by atoms with Gasteiger partial charge in [-0.2, -0.15) is 5.10 Å². The fourth-order valence-electron chi connectivity index (χ4n) is 0.953. The molecule has 3 nitrogen and oxygen atoms in total. The lowest BCUT2D eigenvalue weighted by atomic mass is 10.3. The molecule has 0 saturated carbocycles. The molecule has 15 heavy (non-hydrogen) atoms. The van der Waals surface area contributed by atoms with Crippen molar-refractivity contribution >= 4 is 19.1 Å². The number of hydrogen-bond acceptors (Lipinski definition) is 2. The van der Waals surface area contributed by atoms with E-state index in [0.29, 0.717) is 0 Å². The van der Waals surface area contributed by atoms with Gasteiger partial charge in [0.05, 0.1) is 5.69 Å². The topological polar surface area (TPSA) is 29.6 Å². The number of nitrogens with zero attached hydrogens (tertiary/aromatic N) is 3. The van der Waals surface area contributed by atoms with Crippen LogP contribution < -0.4 is 0 Å². The van der Waals surface area contributed by atoms with Crippen molar-refractivity contribution < 1.29 is 0 Å². The van der Waals surface area contributed by atoms with E-state index in [0.717, 1.165) is 5.69 Å². The predicted molar refractivity (Wildman–Crippen MR) is 65.0 cm³/mol. The van der Waals surface area contributed by atoms with Crippen molar-refractivity contribution in [3.63, 3.8) is 0 Å². The molecule has 0 atom stereocenters. The smallest absolute Gasteiger partial charge is 0.0622 e. The molecule has 2 rings (SSSR count). The van der Waals surface area contributed by atoms with Gasteiger partial charge in [0.2, 0.25) is 0 Å². The molecule has 0 bridgehead atoms. The van der Waals surface area contributed by atoms with Crippen LogP contribution in [0.4, 0.5) is 5.69 Å². The Kier molecular flexibility index (Phi) is 4.60. The minimum Gasteiger partial charge on any atom is -0.265 e. The lowest BCUT2D eigenvalue weighted by molar-refractivity contribution is 0.899. The normalized spacial score (nSPS) is 8.53. The molecule has 1 aromatic heterocycles. The number of aliphatic imine (C=N–C) groups is 1. The molecule has 3 heteroatoms. The summed E-state index contributed by atoms with van der Waals surface area (Å²) in [5.74, 6) is 0. The van der Waals surface area contributed by atoms with Crippen molar-refractivity contribution in [1.82, 2.24) is 4.68 Å². The van der Waals surface area contributed by atoms with Gasteiger partial charge in [-0.05, 0) is 31.0 Å². The highest BCUT2D eigenvalue weighted by molar-refractivity contribution is 5.44. The van der Waals surface area contributed by atoms with Crippen LogP contribution in [0, 0.1) is 0 Å². The zero-order valence-electron chi connectivity index (χ0n) is 8.45. The minimum atomic E-state index is 0.924. The first kappa shape index (κ1) is 10.9. The molecular formula is C12H13N3. The summed E-state index contributed by atoms with van der Waals surface area (Å²) < 4.78 is 1.64. The summed E-state index contributed by atoms with van der Waals surface area (Å²) in [6.07, 6.45) is 3.65. The van der Waals surface area contributed by atoms with Gasteiger partial charge < -0.3 is 0 Å². The summed E-state index contributed by atoms with van der Waals surface area (Å²) in [4.78, 5) is 3.72. The van der Waals surface area contributed by atoms with E-state index in [1.165, 1.54) is 0 Å². The maximum absolute atomic E-state index is 3.72. The highest BCUT2D eigenvalue weighted by Crippen LogP contribution is 2.06. The second-order valence-electron chi connectivity index (χ2n) is 2.70. The second-order valence-corrected chi connectivity index (χ2v) is 2.70. The van der Waals surface area contributed by atoms with Crippen LogP contribution in [0.25, 0.3) is 0 Å². The predicted octanol–water partition coefficient (Wildman–Crippen LogP) is 2.97. The summed E-state index contributed by atoms with van der Waals surface area (Å²) in [7, 11) is 0. The molecule has 0 saturated heterocycles. The first-order valence-corrected chi connectivity index (χ1v) is 4.48. The number of para-hydroxylation sites is 1. The Morgan fingerprint density at radius 1 is 0.867 bits per heavy atom. The van der Waals surface area contributed by atoms with Crippen molar-refractivity contribution in [2.45, 2.75) is 0 Å². The van der Waals surface area contributed by atoms with Crippen molar-refractivity contribution in [2.75, 3.05) is 0 Å². The Morgan fingerprint density at radius 2 is 1.47 bits per heavy atom. The highest BCUT2D eigenvalue weighted by atomic mass is 15.3. The van der Waals surface area contributed by atoms with Crippen LogP contribution in [0.1, 0.15) is 0 Å². The average Bonchev–Trinajstić information content (AvgIpc) is 2.84. The third-order valence-electron chi connectivity index (χ3n) is 1.69. The van der Waals surface area contributed by atoms with Gasteiger partial charge >= 0.3 is 0 Å². The number of hydrogen-bond donors (Lipinski definition) is 0. The van der Waals surface area contributed by atoms with Gasteiger partial charge in [0, 0.05) is 19.1 Å². The van der Waals surface area contributed by atoms with Gasteiger partial charge in [-0.1, -0.05) is 18.2 Å². The summed E-state index contributed by atoms with van der Waals surface area (Å²) in [5.41, 5.74) is 0.924. The van der Waals surface area contributed by atoms with Crippen LogP contribution in [-0.4, -0.2) is 18.1 Å². The van der Waals surface area contributed by atoms with Crippen LogP contribution in [0.15, 0.2) is 65.0 Å². The molecule has 0 N–H and O–H groups in total. The SMILES string of the molecule is C=Nc1ccccc1.C=Nn1cccc1. The molecule has 76 valence electrons. The molecule has 0 spiro atoms. The summed E-state index contributed by atoms with van der Waals surface area (Å²) in [6.45, 7) is 6.70. The van der Waals surface area contributed by atoms with E-state index in [-0.39, 0.29) is 0 Å². The Morgan fingerprint density at radius 3 is 1.80 bits per heavy atom. The van der Waals surface area contributed by atoms with Crippen LogP contribution in [-0.2, 0) is 0 Å². The largest absolute Gasteiger partial charge is 0.265 e. The van der Waals surface area contributed by atoms with Crippen LogP contribution >= 0.6 is 0 Å². The standard InChI is InChI=1S/C7H7N.C5H6N2/c1-8-7-5-3-2-4-6-7;1-6-7-4-2-3-5-7/h2-6H,1H2;2-5H,1H2. The molecule has 1 aromatic carbocycles. The van der Waals surface area contributed by atoms with Gasteiger partial charge in [-0.15, -0.1) is 0 Å². The fraction of sp³-hybridized carbons (Fsp3) is 0. The first-order chi connectivity index (χ1) is 7.36. The van der Waals surface area contributed by atoms with Gasteiger partial charge in [-0.3, -0.25) is 4.99 Å². The lowest BCUT2D eigenvalue weighted by Gasteiger charge is -1.84. The number of benzene rings is 1. The van der Waals surface area contributed by atoms with E-state index in [2.05, 4.69) is 23.5 Å². The van der Waals surface area contributed by atoms with E-state index < -0.39 is 0 Å². The number of aromatic nitrogens is 1. The molecule has 0 aliphatic carbocycles. The summed E-state index contributed by atoms with van der Waals surface area (Å²) >= 11 is 0. The Balaban J connectivity index is 0.000000151. The average molecular weight is 199 g/mol. The van der Waals surface area contributed by atoms with E-state index in [1.54, 1.807) is 4.68 Å². The lowest BCUT2D eigenvalue weighted by Crippen LogP contribution is -1.75. The summed E-state index contributed by atoms with van der Waals surface area (Å²) in [6, 6.07) is 13.4. The maximum Gasteiger partial charge on any atom is 0.0622 e. The molecule has 0 amide bonds. The zero-order chi connectivity index (χ0) is 10.9. The van der Waals surface area contributed by atoms with Crippen molar-refractivity contribution in [1.29, 1.82) is 0 Å². The molecule has 0 unspecified atom stereocenters. The Bertz CT molecular complexity index is 390. The zero-order valence-corrected chi connectivity index (χ0v) is 8.45. The van der Waals surface area contributed by atoms with Crippen LogP contribution in [0.3, 0.4) is 0 Å². The Hall–Kier alpha value is -2.16. The molecule has 1 heterocycles. The molecule has 0 aliphatic heterocycles. The molecular weight excluding hydrogens is 186 g/mol. The second kappa shape index (κ2) is 6.32. The van der Waals surface area contributed by atoms with E-state index >= 15 is 0 Å². The van der Waals surface area contributed by atoms with Crippen molar-refractivity contribution in [2.24, 2.45) is 10.1 Å². The molecule has 0 aliphatic rings. The van der Waals surface area contributed by atoms with E-state index in [4.69, 9.17) is 0 Å². The maximum atomic E-state index is 3.72. The van der Waals surface area contributed by atoms with Crippen molar-refractivity contribution in [3.05, 3.63) is 54.9 Å². The van der Waals surface area contributed by atoms with E-state index in [9.17, 15) is 0 Å². The molecule has 0 radical (unpaired) electrons. The van der Waals surface area contributed by atoms with Gasteiger partial charge in [0.15, 0.2) is 0 Å². The highest BCUT2D eigenvalue weighted by Gasteiger charge is 1.77. The van der Waals surface area contributed by atoms with Gasteiger partial charge in [-0.25, -0.2) is 4.68 Å². The molecule has 2 aromatic rings. The van der Waals surface area contributed by atoms with Gasteiger partial charge in [0.1, 0.15) is 0 Å². The quantitative estimate of drug-likeness (QED) is 0.665. The van der Waals surface area contributed by atoms with Crippen LogP contribution in [0.5, 0.6) is 0 Å². The van der Waals surface area contributed by atoms with Gasteiger partial charge in [0.25, 0.3) is 0 Å². The number of rotatable bonds is 2. The Labute approximate surface area is 89.4 Å². The third-order valence-corrected chi connectivity index (χ3v) is 1.69. The van der Waals surface area contributed by atoms with Crippen LogP contribution in [0.2, 0.25) is 0 Å². The van der Waals surface area contributed by atoms with E-state index in [1.807, 2.05) is 54.9 Å². The van der Waals surface area contributed by atoms with Crippen molar-refractivity contribution in [3.8, 4) is 0 Å². The first-order valence-electron chi connectivity index (χ1n) is 4.48. The monoisotopic (exact) mass is 199 g/mol.